The van der Waals surface area contributed by atoms with Crippen molar-refractivity contribution in [2.24, 2.45) is 0 Å². The summed E-state index contributed by atoms with van der Waals surface area (Å²) in [7, 11) is 0. The van der Waals surface area contributed by atoms with Gasteiger partial charge in [-0.2, -0.15) is 0 Å². The third-order valence-corrected chi connectivity index (χ3v) is 4.98. The lowest BCUT2D eigenvalue weighted by Gasteiger charge is -2.09. The van der Waals surface area contributed by atoms with Crippen molar-refractivity contribution in [1.82, 2.24) is 9.55 Å². The molecule has 2 amide bonds. The first-order valence-electron chi connectivity index (χ1n) is 8.86. The fourth-order valence-electron chi connectivity index (χ4n) is 2.61. The van der Waals surface area contributed by atoms with E-state index in [-0.39, 0.29) is 17.6 Å². The zero-order valence-corrected chi connectivity index (χ0v) is 16.6. The number of aryl methyl sites for hydroxylation is 1. The highest BCUT2D eigenvalue weighted by Crippen LogP contribution is 2.19. The van der Waals surface area contributed by atoms with Gasteiger partial charge < -0.3 is 15.2 Å². The Hall–Kier alpha value is -3.06. The number of hydrogen-bond acceptors (Lipinski definition) is 4. The zero-order valence-electron chi connectivity index (χ0n) is 15.8. The first-order valence-corrected chi connectivity index (χ1v) is 9.85. The normalized spacial score (nSPS) is 10.5. The molecule has 0 aliphatic heterocycles. The average Bonchev–Trinajstić information content (AvgIpc) is 3.10. The number of rotatable bonds is 7. The van der Waals surface area contributed by atoms with Gasteiger partial charge in [-0.1, -0.05) is 41.6 Å². The maximum absolute atomic E-state index is 12.2. The van der Waals surface area contributed by atoms with Crippen molar-refractivity contribution in [3.05, 3.63) is 72.1 Å². The molecule has 3 rings (SSSR count). The van der Waals surface area contributed by atoms with Gasteiger partial charge in [-0.25, -0.2) is 4.98 Å². The van der Waals surface area contributed by atoms with E-state index in [1.54, 1.807) is 30.5 Å². The molecule has 144 valence electrons. The van der Waals surface area contributed by atoms with Gasteiger partial charge in [0.1, 0.15) is 0 Å². The quantitative estimate of drug-likeness (QED) is 0.596. The molecule has 0 bridgehead atoms. The van der Waals surface area contributed by atoms with Crippen LogP contribution in [0.1, 0.15) is 18.1 Å². The van der Waals surface area contributed by atoms with Crippen molar-refractivity contribution < 1.29 is 9.59 Å². The zero-order chi connectivity index (χ0) is 19.9. The molecule has 28 heavy (non-hydrogen) atoms. The highest BCUT2D eigenvalue weighted by Gasteiger charge is 2.09. The van der Waals surface area contributed by atoms with E-state index in [2.05, 4.69) is 46.8 Å². The van der Waals surface area contributed by atoms with Crippen LogP contribution in [0.3, 0.4) is 0 Å². The molecule has 3 aromatic rings. The lowest BCUT2D eigenvalue weighted by molar-refractivity contribution is -0.114. The summed E-state index contributed by atoms with van der Waals surface area (Å²) in [6, 6.07) is 15.4. The molecule has 1 heterocycles. The number of nitrogens with zero attached hydrogens (tertiary/aromatic N) is 2. The number of carbonyl (C=O) groups is 2. The lowest BCUT2D eigenvalue weighted by atomic mass is 10.1. The second kappa shape index (κ2) is 9.23. The fourth-order valence-corrected chi connectivity index (χ4v) is 3.37. The molecule has 0 unspecified atom stereocenters. The van der Waals surface area contributed by atoms with Crippen molar-refractivity contribution in [3.63, 3.8) is 0 Å². The van der Waals surface area contributed by atoms with E-state index in [1.807, 2.05) is 10.8 Å². The van der Waals surface area contributed by atoms with Gasteiger partial charge >= 0.3 is 0 Å². The smallest absolute Gasteiger partial charge is 0.234 e. The van der Waals surface area contributed by atoms with Crippen LogP contribution >= 0.6 is 11.8 Å². The summed E-state index contributed by atoms with van der Waals surface area (Å²) in [5, 5.41) is 6.34. The van der Waals surface area contributed by atoms with Crippen molar-refractivity contribution >= 4 is 35.0 Å². The predicted octanol–water partition coefficient (Wildman–Crippen LogP) is 3.93. The van der Waals surface area contributed by atoms with E-state index in [1.165, 1.54) is 29.8 Å². The van der Waals surface area contributed by atoms with Gasteiger partial charge in [0.05, 0.1) is 5.75 Å². The van der Waals surface area contributed by atoms with Crippen LogP contribution in [0.2, 0.25) is 0 Å². The van der Waals surface area contributed by atoms with E-state index in [0.29, 0.717) is 11.4 Å². The Morgan fingerprint density at radius 3 is 2.29 bits per heavy atom. The van der Waals surface area contributed by atoms with E-state index >= 15 is 0 Å². The maximum Gasteiger partial charge on any atom is 0.234 e. The summed E-state index contributed by atoms with van der Waals surface area (Å²) < 4.78 is 2.03. The molecule has 0 spiro atoms. The van der Waals surface area contributed by atoms with Crippen LogP contribution in [0.15, 0.2) is 66.1 Å². The SMILES string of the molecule is CC(=O)Nc1ccc(NC(=O)CSc2nccn2Cc2ccc(C)cc2)cc1. The third-order valence-electron chi connectivity index (χ3n) is 3.97. The topological polar surface area (TPSA) is 76.0 Å². The summed E-state index contributed by atoms with van der Waals surface area (Å²) in [6.45, 7) is 4.23. The minimum atomic E-state index is -0.130. The molecule has 0 atom stereocenters. The number of thioether (sulfide) groups is 1. The number of carbonyl (C=O) groups excluding carboxylic acids is 2. The van der Waals surface area contributed by atoms with Gasteiger partial charge in [0.2, 0.25) is 11.8 Å². The van der Waals surface area contributed by atoms with E-state index in [0.717, 1.165) is 11.7 Å². The lowest BCUT2D eigenvalue weighted by Crippen LogP contribution is -2.14. The van der Waals surface area contributed by atoms with Gasteiger partial charge in [-0.3, -0.25) is 9.59 Å². The molecule has 0 aliphatic rings. The Balaban J connectivity index is 1.53. The Morgan fingerprint density at radius 1 is 1.00 bits per heavy atom. The number of nitrogens with one attached hydrogen (secondary N) is 2. The number of amides is 2. The van der Waals surface area contributed by atoms with E-state index in [4.69, 9.17) is 0 Å². The molecule has 0 radical (unpaired) electrons. The molecular formula is C21H22N4O2S. The molecule has 0 fully saturated rings. The number of hydrogen-bond donors (Lipinski definition) is 2. The van der Waals surface area contributed by atoms with Crippen LogP contribution in [0.4, 0.5) is 11.4 Å². The van der Waals surface area contributed by atoms with Crippen molar-refractivity contribution in [3.8, 4) is 0 Å². The largest absolute Gasteiger partial charge is 0.326 e. The number of anilines is 2. The molecular weight excluding hydrogens is 372 g/mol. The fraction of sp³-hybridized carbons (Fsp3) is 0.190. The highest BCUT2D eigenvalue weighted by molar-refractivity contribution is 7.99. The minimum absolute atomic E-state index is 0.109. The van der Waals surface area contributed by atoms with Gasteiger partial charge in [0.15, 0.2) is 5.16 Å². The van der Waals surface area contributed by atoms with Crippen molar-refractivity contribution in [1.29, 1.82) is 0 Å². The summed E-state index contributed by atoms with van der Waals surface area (Å²) >= 11 is 1.40. The summed E-state index contributed by atoms with van der Waals surface area (Å²) in [6.07, 6.45) is 3.66. The Labute approximate surface area is 168 Å². The number of imidazole rings is 1. The monoisotopic (exact) mass is 394 g/mol. The maximum atomic E-state index is 12.2. The molecule has 0 saturated heterocycles. The van der Waals surface area contributed by atoms with Crippen LogP contribution < -0.4 is 10.6 Å². The van der Waals surface area contributed by atoms with E-state index < -0.39 is 0 Å². The van der Waals surface area contributed by atoms with Crippen LogP contribution in [-0.4, -0.2) is 27.1 Å². The van der Waals surface area contributed by atoms with Crippen molar-refractivity contribution in [2.75, 3.05) is 16.4 Å². The molecule has 0 saturated carbocycles. The van der Waals surface area contributed by atoms with Crippen LogP contribution in [0.5, 0.6) is 0 Å². The van der Waals surface area contributed by atoms with Gasteiger partial charge in [-0.05, 0) is 36.8 Å². The molecule has 2 aromatic carbocycles. The second-order valence-corrected chi connectivity index (χ2v) is 7.36. The van der Waals surface area contributed by atoms with Crippen LogP contribution in [0.25, 0.3) is 0 Å². The van der Waals surface area contributed by atoms with Crippen molar-refractivity contribution in [2.45, 2.75) is 25.5 Å². The summed E-state index contributed by atoms with van der Waals surface area (Å²) in [5.41, 5.74) is 3.79. The van der Waals surface area contributed by atoms with E-state index in [9.17, 15) is 9.59 Å². The Bertz CT molecular complexity index is 949. The standard InChI is InChI=1S/C21H22N4O2S/c1-15-3-5-17(6-4-15)13-25-12-11-22-21(25)28-14-20(27)24-19-9-7-18(8-10-19)23-16(2)26/h3-12H,13-14H2,1-2H3,(H,23,26)(H,24,27). The summed E-state index contributed by atoms with van der Waals surface area (Å²) in [4.78, 5) is 27.6. The molecule has 1 aromatic heterocycles. The van der Waals surface area contributed by atoms with Gasteiger partial charge in [0, 0.05) is 37.2 Å². The van der Waals surface area contributed by atoms with Gasteiger partial charge in [0.25, 0.3) is 0 Å². The third kappa shape index (κ3) is 5.72. The average molecular weight is 395 g/mol. The predicted molar refractivity (Wildman–Crippen MR) is 113 cm³/mol. The molecule has 2 N–H and O–H groups in total. The molecule has 0 aliphatic carbocycles. The number of aromatic nitrogens is 2. The second-order valence-electron chi connectivity index (χ2n) is 6.42. The highest BCUT2D eigenvalue weighted by atomic mass is 32.2. The van der Waals surface area contributed by atoms with Crippen LogP contribution in [0, 0.1) is 6.92 Å². The molecule has 7 heteroatoms. The Morgan fingerprint density at radius 2 is 1.64 bits per heavy atom. The van der Waals surface area contributed by atoms with Gasteiger partial charge in [-0.15, -0.1) is 0 Å². The number of benzene rings is 2. The van der Waals surface area contributed by atoms with Crippen LogP contribution in [-0.2, 0) is 16.1 Å². The molecule has 6 nitrogen and oxygen atoms in total. The first kappa shape index (κ1) is 19.7. The minimum Gasteiger partial charge on any atom is -0.326 e. The Kier molecular flexibility index (Phi) is 6.49. The summed E-state index contributed by atoms with van der Waals surface area (Å²) in [5.74, 6) is 0.0229. The first-order chi connectivity index (χ1) is 13.5.